The lowest BCUT2D eigenvalue weighted by molar-refractivity contribution is -0.122. The lowest BCUT2D eigenvalue weighted by atomic mass is 10.1. The maximum Gasteiger partial charge on any atom is 0.265 e. The minimum atomic E-state index is -0.618. The number of carbonyl (C=O) groups excluding carboxylic acids is 1. The highest BCUT2D eigenvalue weighted by Crippen LogP contribution is 2.37. The summed E-state index contributed by atoms with van der Waals surface area (Å²) in [5, 5.41) is 2.96. The third-order valence-electron chi connectivity index (χ3n) is 4.63. The van der Waals surface area contributed by atoms with E-state index in [9.17, 15) is 4.79 Å². The van der Waals surface area contributed by atoms with Crippen molar-refractivity contribution in [1.29, 1.82) is 0 Å². The molecule has 1 N–H and O–H groups in total. The van der Waals surface area contributed by atoms with E-state index in [0.717, 1.165) is 21.1 Å². The van der Waals surface area contributed by atoms with Crippen molar-refractivity contribution in [3.8, 4) is 16.9 Å². The summed E-state index contributed by atoms with van der Waals surface area (Å²) in [5.41, 5.74) is 5.87. The summed E-state index contributed by atoms with van der Waals surface area (Å²) in [6.45, 7) is 1.74. The maximum absolute atomic E-state index is 12.6. The zero-order valence-electron chi connectivity index (χ0n) is 14.6. The average Bonchev–Trinajstić information content (AvgIpc) is 3.01. The molecular weight excluding hydrogens is 470 g/mol. The standard InChI is InChI=1S/C22H17Br2NO2/c1-13(27-21-9-6-16(23)12-20(21)24)22(26)25-17-7-8-19-15(11-17)10-14-4-2-3-5-18(14)19/h2-9,11-13H,10H2,1H3,(H,25,26). The second-order valence-electron chi connectivity index (χ2n) is 6.53. The zero-order valence-corrected chi connectivity index (χ0v) is 17.8. The summed E-state index contributed by atoms with van der Waals surface area (Å²) in [5.74, 6) is 0.450. The monoisotopic (exact) mass is 485 g/mol. The minimum Gasteiger partial charge on any atom is -0.480 e. The summed E-state index contributed by atoms with van der Waals surface area (Å²) in [6, 6.07) is 20.1. The van der Waals surface area contributed by atoms with Crippen LogP contribution in [0, 0.1) is 0 Å². The predicted molar refractivity (Wildman–Crippen MR) is 115 cm³/mol. The fraction of sp³-hybridized carbons (Fsp3) is 0.136. The molecule has 3 aromatic carbocycles. The van der Waals surface area contributed by atoms with Crippen molar-refractivity contribution in [2.24, 2.45) is 0 Å². The molecule has 1 amide bonds. The molecule has 1 aliphatic rings. The van der Waals surface area contributed by atoms with E-state index in [1.807, 2.05) is 24.3 Å². The van der Waals surface area contributed by atoms with Crippen LogP contribution >= 0.6 is 31.9 Å². The Balaban J connectivity index is 1.46. The molecule has 0 radical (unpaired) electrons. The Bertz CT molecular complexity index is 1030. The predicted octanol–water partition coefficient (Wildman–Crippen LogP) is 6.19. The quantitative estimate of drug-likeness (QED) is 0.373. The molecule has 0 aromatic heterocycles. The van der Waals surface area contributed by atoms with Crippen LogP contribution in [-0.4, -0.2) is 12.0 Å². The molecular formula is C22H17Br2NO2. The number of amides is 1. The van der Waals surface area contributed by atoms with Crippen molar-refractivity contribution in [2.75, 3.05) is 5.32 Å². The summed E-state index contributed by atoms with van der Waals surface area (Å²) >= 11 is 6.86. The van der Waals surface area contributed by atoms with Gasteiger partial charge in [0.25, 0.3) is 5.91 Å². The normalized spacial score (nSPS) is 12.9. The number of benzene rings is 3. The minimum absolute atomic E-state index is 0.180. The molecule has 1 atom stereocenters. The van der Waals surface area contributed by atoms with Crippen molar-refractivity contribution >= 4 is 43.5 Å². The molecule has 0 heterocycles. The zero-order chi connectivity index (χ0) is 19.0. The fourth-order valence-electron chi connectivity index (χ4n) is 3.28. The van der Waals surface area contributed by atoms with Gasteiger partial charge in [-0.25, -0.2) is 0 Å². The second kappa shape index (κ2) is 7.49. The third-order valence-corrected chi connectivity index (χ3v) is 5.74. The summed E-state index contributed by atoms with van der Waals surface area (Å²) in [6.07, 6.45) is 0.278. The first kappa shape index (κ1) is 18.3. The number of fused-ring (bicyclic) bond motifs is 3. The summed E-state index contributed by atoms with van der Waals surface area (Å²) in [7, 11) is 0. The first-order valence-corrected chi connectivity index (χ1v) is 10.2. The van der Waals surface area contributed by atoms with E-state index in [-0.39, 0.29) is 5.91 Å². The van der Waals surface area contributed by atoms with Gasteiger partial charge < -0.3 is 10.1 Å². The molecule has 0 saturated carbocycles. The van der Waals surface area contributed by atoms with Gasteiger partial charge in [0, 0.05) is 10.2 Å². The van der Waals surface area contributed by atoms with Crippen LogP contribution in [0.4, 0.5) is 5.69 Å². The largest absolute Gasteiger partial charge is 0.480 e. The number of rotatable bonds is 4. The van der Waals surface area contributed by atoms with E-state index in [4.69, 9.17) is 4.74 Å². The highest BCUT2D eigenvalue weighted by Gasteiger charge is 2.20. The van der Waals surface area contributed by atoms with Crippen LogP contribution in [0.15, 0.2) is 69.6 Å². The van der Waals surface area contributed by atoms with Crippen LogP contribution in [0.1, 0.15) is 18.1 Å². The first-order valence-electron chi connectivity index (χ1n) is 8.65. The van der Waals surface area contributed by atoms with E-state index in [2.05, 4.69) is 73.6 Å². The molecule has 0 bridgehead atoms. The van der Waals surface area contributed by atoms with Gasteiger partial charge in [-0.1, -0.05) is 46.3 Å². The molecule has 0 fully saturated rings. The number of halogens is 2. The van der Waals surface area contributed by atoms with Gasteiger partial charge in [0.15, 0.2) is 6.10 Å². The molecule has 0 aliphatic heterocycles. The maximum atomic E-state index is 12.6. The van der Waals surface area contributed by atoms with Gasteiger partial charge in [-0.05, 0) is 81.9 Å². The Hall–Kier alpha value is -2.11. The Morgan fingerprint density at radius 1 is 1.00 bits per heavy atom. The molecule has 27 heavy (non-hydrogen) atoms. The number of anilines is 1. The highest BCUT2D eigenvalue weighted by molar-refractivity contribution is 9.11. The molecule has 5 heteroatoms. The SMILES string of the molecule is CC(Oc1ccc(Br)cc1Br)C(=O)Nc1ccc2c(c1)Cc1ccccc1-2. The molecule has 0 spiro atoms. The van der Waals surface area contributed by atoms with Crippen LogP contribution in [0.2, 0.25) is 0 Å². The molecule has 3 aromatic rings. The van der Waals surface area contributed by atoms with Gasteiger partial charge >= 0.3 is 0 Å². The molecule has 1 aliphatic carbocycles. The number of hydrogen-bond acceptors (Lipinski definition) is 2. The Labute approximate surface area is 175 Å². The Morgan fingerprint density at radius 2 is 1.78 bits per heavy atom. The highest BCUT2D eigenvalue weighted by atomic mass is 79.9. The second-order valence-corrected chi connectivity index (χ2v) is 8.30. The topological polar surface area (TPSA) is 38.3 Å². The van der Waals surface area contributed by atoms with E-state index >= 15 is 0 Å². The summed E-state index contributed by atoms with van der Waals surface area (Å²) < 4.78 is 7.54. The van der Waals surface area contributed by atoms with E-state index in [1.54, 1.807) is 6.92 Å². The van der Waals surface area contributed by atoms with Crippen molar-refractivity contribution in [2.45, 2.75) is 19.4 Å². The van der Waals surface area contributed by atoms with Crippen molar-refractivity contribution in [3.05, 3.63) is 80.7 Å². The lowest BCUT2D eigenvalue weighted by Gasteiger charge is -2.16. The Morgan fingerprint density at radius 3 is 2.59 bits per heavy atom. The van der Waals surface area contributed by atoms with Gasteiger partial charge in [0.05, 0.1) is 4.47 Å². The van der Waals surface area contributed by atoms with Crippen LogP contribution < -0.4 is 10.1 Å². The number of nitrogens with one attached hydrogen (secondary N) is 1. The van der Waals surface area contributed by atoms with Crippen molar-refractivity contribution in [3.63, 3.8) is 0 Å². The van der Waals surface area contributed by atoms with E-state index < -0.39 is 6.10 Å². The van der Waals surface area contributed by atoms with Crippen LogP contribution in [-0.2, 0) is 11.2 Å². The molecule has 4 rings (SSSR count). The van der Waals surface area contributed by atoms with Gasteiger partial charge in [0.2, 0.25) is 0 Å². The van der Waals surface area contributed by atoms with E-state index in [0.29, 0.717) is 5.75 Å². The van der Waals surface area contributed by atoms with Gasteiger partial charge in [-0.2, -0.15) is 0 Å². The van der Waals surface area contributed by atoms with Gasteiger partial charge in [0.1, 0.15) is 5.75 Å². The first-order chi connectivity index (χ1) is 13.0. The molecule has 3 nitrogen and oxygen atoms in total. The number of hydrogen-bond donors (Lipinski definition) is 1. The average molecular weight is 487 g/mol. The van der Waals surface area contributed by atoms with Crippen LogP contribution in [0.25, 0.3) is 11.1 Å². The van der Waals surface area contributed by atoms with E-state index in [1.165, 1.54) is 22.3 Å². The molecule has 136 valence electrons. The third kappa shape index (κ3) is 3.80. The van der Waals surface area contributed by atoms with Crippen molar-refractivity contribution < 1.29 is 9.53 Å². The lowest BCUT2D eigenvalue weighted by Crippen LogP contribution is -2.30. The van der Waals surface area contributed by atoms with Crippen LogP contribution in [0.3, 0.4) is 0 Å². The Kier molecular flexibility index (Phi) is 5.06. The fourth-order valence-corrected chi connectivity index (χ4v) is 4.42. The molecule has 1 unspecified atom stereocenters. The smallest absolute Gasteiger partial charge is 0.265 e. The summed E-state index contributed by atoms with van der Waals surface area (Å²) in [4.78, 5) is 12.6. The van der Waals surface area contributed by atoms with Crippen molar-refractivity contribution in [1.82, 2.24) is 0 Å². The van der Waals surface area contributed by atoms with Gasteiger partial charge in [-0.15, -0.1) is 0 Å². The molecule has 0 saturated heterocycles. The van der Waals surface area contributed by atoms with Gasteiger partial charge in [-0.3, -0.25) is 4.79 Å². The number of ether oxygens (including phenoxy) is 1. The number of carbonyl (C=O) groups is 1. The van der Waals surface area contributed by atoms with Crippen LogP contribution in [0.5, 0.6) is 5.75 Å².